The third kappa shape index (κ3) is 1.80. The highest BCUT2D eigenvalue weighted by Crippen LogP contribution is 2.38. The minimum atomic E-state index is 0.541. The lowest BCUT2D eigenvalue weighted by Gasteiger charge is -2.29. The molecule has 72 valence electrons. The fourth-order valence-corrected chi connectivity index (χ4v) is 3.25. The molecular formula is C12H18S. The van der Waals surface area contributed by atoms with Crippen LogP contribution in [-0.2, 0) is 19.3 Å². The molecule has 0 bridgehead atoms. The van der Waals surface area contributed by atoms with Gasteiger partial charge in [-0.05, 0) is 42.7 Å². The van der Waals surface area contributed by atoms with E-state index < -0.39 is 0 Å². The molecule has 0 spiro atoms. The Balaban J connectivity index is 2.30. The lowest BCUT2D eigenvalue weighted by molar-refractivity contribution is 0.318. The summed E-state index contributed by atoms with van der Waals surface area (Å²) in [7, 11) is 0. The second kappa shape index (κ2) is 3.13. The average Bonchev–Trinajstić information content (AvgIpc) is 2.44. The van der Waals surface area contributed by atoms with Crippen LogP contribution in [0.4, 0.5) is 0 Å². The van der Waals surface area contributed by atoms with Gasteiger partial charge in [-0.3, -0.25) is 0 Å². The van der Waals surface area contributed by atoms with Gasteiger partial charge in [0, 0.05) is 9.75 Å². The van der Waals surface area contributed by atoms with Gasteiger partial charge in [0.25, 0.3) is 0 Å². The third-order valence-corrected chi connectivity index (χ3v) is 4.38. The smallest absolute Gasteiger partial charge is 0.00805 e. The van der Waals surface area contributed by atoms with Gasteiger partial charge in [0.1, 0.15) is 0 Å². The molecule has 0 unspecified atom stereocenters. The standard InChI is InChI=1S/C12H18S/c1-4-10-7-9-8-12(2,3)6-5-11(9)13-10/h7H,4-6,8H2,1-3H3. The summed E-state index contributed by atoms with van der Waals surface area (Å²) in [6, 6.07) is 2.43. The van der Waals surface area contributed by atoms with Crippen molar-refractivity contribution in [3.05, 3.63) is 21.4 Å². The van der Waals surface area contributed by atoms with Crippen molar-refractivity contribution in [3.8, 4) is 0 Å². The Bertz CT molecular complexity index is 307. The summed E-state index contributed by atoms with van der Waals surface area (Å²) < 4.78 is 0. The van der Waals surface area contributed by atoms with Gasteiger partial charge in [-0.25, -0.2) is 0 Å². The van der Waals surface area contributed by atoms with Crippen molar-refractivity contribution in [1.29, 1.82) is 0 Å². The van der Waals surface area contributed by atoms with E-state index in [2.05, 4.69) is 26.8 Å². The first-order valence-corrected chi connectivity index (χ1v) is 6.03. The molecule has 13 heavy (non-hydrogen) atoms. The molecular weight excluding hydrogens is 176 g/mol. The highest BCUT2D eigenvalue weighted by atomic mass is 32.1. The van der Waals surface area contributed by atoms with Crippen LogP contribution in [-0.4, -0.2) is 0 Å². The van der Waals surface area contributed by atoms with Crippen molar-refractivity contribution >= 4 is 11.3 Å². The summed E-state index contributed by atoms with van der Waals surface area (Å²) in [4.78, 5) is 3.24. The molecule has 1 heterocycles. The van der Waals surface area contributed by atoms with Crippen LogP contribution in [0.1, 0.15) is 42.5 Å². The van der Waals surface area contributed by atoms with Crippen LogP contribution in [0.25, 0.3) is 0 Å². The zero-order valence-electron chi connectivity index (χ0n) is 8.81. The summed E-state index contributed by atoms with van der Waals surface area (Å²) in [6.07, 6.45) is 5.17. The molecule has 0 saturated carbocycles. The van der Waals surface area contributed by atoms with E-state index in [4.69, 9.17) is 0 Å². The molecule has 0 nitrogen and oxygen atoms in total. The maximum absolute atomic E-state index is 2.43. The Morgan fingerprint density at radius 2 is 2.23 bits per heavy atom. The number of thiophene rings is 1. The van der Waals surface area contributed by atoms with Crippen LogP contribution < -0.4 is 0 Å². The third-order valence-electron chi connectivity index (χ3n) is 2.99. The quantitative estimate of drug-likeness (QED) is 0.637. The van der Waals surface area contributed by atoms with Gasteiger partial charge < -0.3 is 0 Å². The second-order valence-electron chi connectivity index (χ2n) is 4.86. The fraction of sp³-hybridized carbons (Fsp3) is 0.667. The van der Waals surface area contributed by atoms with Gasteiger partial charge in [0.2, 0.25) is 0 Å². The Hall–Kier alpha value is -0.300. The molecule has 1 aliphatic carbocycles. The summed E-state index contributed by atoms with van der Waals surface area (Å²) in [5.41, 5.74) is 2.18. The van der Waals surface area contributed by atoms with E-state index in [0.717, 1.165) is 0 Å². The van der Waals surface area contributed by atoms with Crippen molar-refractivity contribution in [2.75, 3.05) is 0 Å². The minimum absolute atomic E-state index is 0.541. The van der Waals surface area contributed by atoms with Crippen LogP contribution in [0.15, 0.2) is 6.07 Å². The van der Waals surface area contributed by atoms with E-state index in [1.165, 1.54) is 25.7 Å². The summed E-state index contributed by atoms with van der Waals surface area (Å²) in [6.45, 7) is 7.03. The zero-order chi connectivity index (χ0) is 9.47. The lowest BCUT2D eigenvalue weighted by atomic mass is 9.77. The van der Waals surface area contributed by atoms with Crippen LogP contribution in [0.2, 0.25) is 0 Å². The van der Waals surface area contributed by atoms with E-state index in [1.807, 2.05) is 11.3 Å². The predicted octanol–water partition coefficient (Wildman–Crippen LogP) is 3.83. The van der Waals surface area contributed by atoms with E-state index in [9.17, 15) is 0 Å². The molecule has 0 saturated heterocycles. The molecule has 0 N–H and O–H groups in total. The Kier molecular flexibility index (Phi) is 2.23. The van der Waals surface area contributed by atoms with Gasteiger partial charge in [-0.2, -0.15) is 0 Å². The van der Waals surface area contributed by atoms with Crippen molar-refractivity contribution < 1.29 is 0 Å². The topological polar surface area (TPSA) is 0 Å². The van der Waals surface area contributed by atoms with Crippen molar-refractivity contribution in [2.45, 2.75) is 46.5 Å². The molecule has 1 aromatic heterocycles. The molecule has 0 amide bonds. The van der Waals surface area contributed by atoms with Gasteiger partial charge in [0.15, 0.2) is 0 Å². The van der Waals surface area contributed by atoms with E-state index in [0.29, 0.717) is 5.41 Å². The van der Waals surface area contributed by atoms with E-state index >= 15 is 0 Å². The first-order valence-electron chi connectivity index (χ1n) is 5.21. The van der Waals surface area contributed by atoms with E-state index in [-0.39, 0.29) is 0 Å². The number of aryl methyl sites for hydroxylation is 2. The maximum atomic E-state index is 2.43. The predicted molar refractivity (Wildman–Crippen MR) is 59.5 cm³/mol. The fourth-order valence-electron chi connectivity index (χ4n) is 2.12. The Labute approximate surface area is 85.0 Å². The zero-order valence-corrected chi connectivity index (χ0v) is 9.63. The summed E-state index contributed by atoms with van der Waals surface area (Å²) in [5.74, 6) is 0. The monoisotopic (exact) mass is 194 g/mol. The highest BCUT2D eigenvalue weighted by molar-refractivity contribution is 7.12. The van der Waals surface area contributed by atoms with Gasteiger partial charge in [0.05, 0.1) is 0 Å². The average molecular weight is 194 g/mol. The van der Waals surface area contributed by atoms with Gasteiger partial charge in [-0.1, -0.05) is 20.8 Å². The molecule has 1 aliphatic rings. The molecule has 1 heteroatoms. The first kappa shape index (κ1) is 9.26. The Morgan fingerprint density at radius 1 is 1.46 bits per heavy atom. The molecule has 0 radical (unpaired) electrons. The molecule has 0 aliphatic heterocycles. The largest absolute Gasteiger partial charge is 0.145 e. The normalized spacial score (nSPS) is 19.9. The summed E-state index contributed by atoms with van der Waals surface area (Å²) in [5, 5.41) is 0. The molecule has 0 aromatic carbocycles. The lowest BCUT2D eigenvalue weighted by Crippen LogP contribution is -2.20. The van der Waals surface area contributed by atoms with Crippen molar-refractivity contribution in [1.82, 2.24) is 0 Å². The highest BCUT2D eigenvalue weighted by Gasteiger charge is 2.26. The van der Waals surface area contributed by atoms with Crippen LogP contribution in [0.5, 0.6) is 0 Å². The first-order chi connectivity index (χ1) is 6.11. The van der Waals surface area contributed by atoms with Crippen LogP contribution >= 0.6 is 11.3 Å². The molecule has 0 fully saturated rings. The molecule has 0 atom stereocenters. The van der Waals surface area contributed by atoms with E-state index in [1.54, 1.807) is 15.3 Å². The number of hydrogen-bond acceptors (Lipinski definition) is 1. The number of hydrogen-bond donors (Lipinski definition) is 0. The van der Waals surface area contributed by atoms with Gasteiger partial charge >= 0.3 is 0 Å². The van der Waals surface area contributed by atoms with Crippen molar-refractivity contribution in [3.63, 3.8) is 0 Å². The molecule has 1 aromatic rings. The number of fused-ring (bicyclic) bond motifs is 1. The SMILES string of the molecule is CCc1cc2c(s1)CCC(C)(C)C2. The van der Waals surface area contributed by atoms with Gasteiger partial charge in [-0.15, -0.1) is 11.3 Å². The van der Waals surface area contributed by atoms with Crippen molar-refractivity contribution in [2.24, 2.45) is 5.41 Å². The molecule has 2 rings (SSSR count). The van der Waals surface area contributed by atoms with Crippen LogP contribution in [0.3, 0.4) is 0 Å². The summed E-state index contributed by atoms with van der Waals surface area (Å²) >= 11 is 2.04. The second-order valence-corrected chi connectivity index (χ2v) is 6.08. The maximum Gasteiger partial charge on any atom is 0.00805 e. The van der Waals surface area contributed by atoms with Crippen LogP contribution in [0, 0.1) is 5.41 Å². The number of rotatable bonds is 1. The Morgan fingerprint density at radius 3 is 2.92 bits per heavy atom. The minimum Gasteiger partial charge on any atom is -0.145 e.